The van der Waals surface area contributed by atoms with Crippen molar-refractivity contribution in [3.8, 4) is 0 Å². The van der Waals surface area contributed by atoms with Gasteiger partial charge >= 0.3 is 0 Å². The third kappa shape index (κ3) is 5.37. The quantitative estimate of drug-likeness (QED) is 0.814. The number of β-amino-alcohol motifs (C(OH)–C–C–N with tert-alkyl or cyclic N) is 1. The van der Waals surface area contributed by atoms with Crippen LogP contribution in [0, 0.1) is 5.92 Å². The summed E-state index contributed by atoms with van der Waals surface area (Å²) in [7, 11) is 0. The number of nitrogens with zero attached hydrogens (tertiary/aromatic N) is 4. The summed E-state index contributed by atoms with van der Waals surface area (Å²) >= 11 is 0. The van der Waals surface area contributed by atoms with Gasteiger partial charge in [0.05, 0.1) is 12.6 Å². The second-order valence-corrected chi connectivity index (χ2v) is 6.34. The summed E-state index contributed by atoms with van der Waals surface area (Å²) in [5.74, 6) is 2.06. The summed E-state index contributed by atoms with van der Waals surface area (Å²) in [6, 6.07) is 0. The molecular weight excluding hydrogens is 268 g/mol. The van der Waals surface area contributed by atoms with Gasteiger partial charge in [-0.1, -0.05) is 25.9 Å². The molecule has 0 radical (unpaired) electrons. The van der Waals surface area contributed by atoms with E-state index in [0.717, 1.165) is 63.8 Å². The van der Waals surface area contributed by atoms with Crippen molar-refractivity contribution in [2.24, 2.45) is 5.92 Å². The molecule has 0 aromatic carbocycles. The first-order valence-corrected chi connectivity index (χ1v) is 8.01. The van der Waals surface area contributed by atoms with Crippen LogP contribution in [-0.4, -0.2) is 63.9 Å². The molecule has 0 aliphatic carbocycles. The fourth-order valence-electron chi connectivity index (χ4n) is 2.54. The predicted octanol–water partition coefficient (Wildman–Crippen LogP) is 1.16. The minimum absolute atomic E-state index is 0.202. The molecule has 1 saturated heterocycles. The molecule has 6 heteroatoms. The Kier molecular flexibility index (Phi) is 6.14. The van der Waals surface area contributed by atoms with Gasteiger partial charge in [0, 0.05) is 39.1 Å². The van der Waals surface area contributed by atoms with Crippen LogP contribution in [0.2, 0.25) is 0 Å². The maximum atomic E-state index is 9.70. The van der Waals surface area contributed by atoms with E-state index in [0.29, 0.717) is 5.92 Å². The number of piperazine rings is 1. The Morgan fingerprint density at radius 2 is 1.86 bits per heavy atom. The average Bonchev–Trinajstić information content (AvgIpc) is 2.87. The predicted molar refractivity (Wildman–Crippen MR) is 80.9 cm³/mol. The minimum atomic E-state index is -0.202. The van der Waals surface area contributed by atoms with Crippen LogP contribution in [0.1, 0.15) is 38.9 Å². The number of hydrogen-bond acceptors (Lipinski definition) is 6. The monoisotopic (exact) mass is 296 g/mol. The Bertz CT molecular complexity index is 414. The molecule has 1 atom stereocenters. The Morgan fingerprint density at radius 3 is 2.48 bits per heavy atom. The van der Waals surface area contributed by atoms with E-state index in [2.05, 4.69) is 33.8 Å². The molecular formula is C15H28N4O2. The van der Waals surface area contributed by atoms with E-state index in [-0.39, 0.29) is 6.10 Å². The van der Waals surface area contributed by atoms with E-state index >= 15 is 0 Å². The lowest BCUT2D eigenvalue weighted by Gasteiger charge is -2.34. The Hall–Kier alpha value is -0.980. The Balaban J connectivity index is 1.74. The molecule has 0 bridgehead atoms. The van der Waals surface area contributed by atoms with Crippen molar-refractivity contribution in [2.75, 3.05) is 32.7 Å². The Morgan fingerprint density at radius 1 is 1.19 bits per heavy atom. The second kappa shape index (κ2) is 7.87. The van der Waals surface area contributed by atoms with E-state index in [9.17, 15) is 5.11 Å². The van der Waals surface area contributed by atoms with Crippen LogP contribution < -0.4 is 0 Å². The normalized spacial score (nSPS) is 19.3. The molecule has 1 aliphatic rings. The van der Waals surface area contributed by atoms with Gasteiger partial charge in [-0.3, -0.25) is 9.80 Å². The summed E-state index contributed by atoms with van der Waals surface area (Å²) in [6.07, 6.45) is 1.46. The van der Waals surface area contributed by atoms with E-state index in [1.807, 2.05) is 6.92 Å². The molecule has 120 valence electrons. The van der Waals surface area contributed by atoms with Crippen molar-refractivity contribution in [3.63, 3.8) is 0 Å². The van der Waals surface area contributed by atoms with Gasteiger partial charge < -0.3 is 9.63 Å². The first kappa shape index (κ1) is 16.4. The largest absolute Gasteiger partial charge is 0.392 e. The van der Waals surface area contributed by atoms with Crippen molar-refractivity contribution in [1.29, 1.82) is 0 Å². The molecule has 1 fully saturated rings. The zero-order chi connectivity index (χ0) is 15.2. The van der Waals surface area contributed by atoms with Gasteiger partial charge in [0.15, 0.2) is 5.82 Å². The van der Waals surface area contributed by atoms with Crippen molar-refractivity contribution in [2.45, 2.75) is 46.3 Å². The minimum Gasteiger partial charge on any atom is -0.392 e. The third-order valence-electron chi connectivity index (χ3n) is 3.86. The van der Waals surface area contributed by atoms with Crippen molar-refractivity contribution in [3.05, 3.63) is 11.7 Å². The van der Waals surface area contributed by atoms with Gasteiger partial charge in [-0.25, -0.2) is 0 Å². The lowest BCUT2D eigenvalue weighted by Crippen LogP contribution is -2.48. The van der Waals surface area contributed by atoms with E-state index in [1.54, 1.807) is 0 Å². The van der Waals surface area contributed by atoms with E-state index in [1.165, 1.54) is 0 Å². The highest BCUT2D eigenvalue weighted by molar-refractivity contribution is 4.88. The highest BCUT2D eigenvalue weighted by Crippen LogP contribution is 2.10. The van der Waals surface area contributed by atoms with Gasteiger partial charge in [0.2, 0.25) is 5.89 Å². The summed E-state index contributed by atoms with van der Waals surface area (Å²) in [4.78, 5) is 9.12. The fourth-order valence-corrected chi connectivity index (χ4v) is 2.54. The molecule has 1 aliphatic heterocycles. The number of rotatable bonds is 7. The van der Waals surface area contributed by atoms with Crippen molar-refractivity contribution < 1.29 is 9.63 Å². The molecule has 0 unspecified atom stereocenters. The molecule has 1 aromatic rings. The van der Waals surface area contributed by atoms with Crippen molar-refractivity contribution in [1.82, 2.24) is 19.9 Å². The van der Waals surface area contributed by atoms with E-state index < -0.39 is 0 Å². The zero-order valence-electron chi connectivity index (χ0n) is 13.5. The molecule has 1 N–H and O–H groups in total. The lowest BCUT2D eigenvalue weighted by molar-refractivity contribution is 0.0676. The van der Waals surface area contributed by atoms with Gasteiger partial charge in [-0.05, 0) is 12.3 Å². The number of aromatic nitrogens is 2. The van der Waals surface area contributed by atoms with Crippen LogP contribution in [0.15, 0.2) is 4.52 Å². The van der Waals surface area contributed by atoms with Crippen molar-refractivity contribution >= 4 is 0 Å². The average molecular weight is 296 g/mol. The summed E-state index contributed by atoms with van der Waals surface area (Å²) in [5, 5.41) is 13.8. The summed E-state index contributed by atoms with van der Waals surface area (Å²) < 4.78 is 5.27. The van der Waals surface area contributed by atoms with Crippen LogP contribution in [0.3, 0.4) is 0 Å². The maximum Gasteiger partial charge on any atom is 0.226 e. The van der Waals surface area contributed by atoms with Gasteiger partial charge in [0.1, 0.15) is 0 Å². The van der Waals surface area contributed by atoms with Gasteiger partial charge in [-0.2, -0.15) is 4.98 Å². The van der Waals surface area contributed by atoms with Crippen LogP contribution in [0.4, 0.5) is 0 Å². The molecule has 2 heterocycles. The fraction of sp³-hybridized carbons (Fsp3) is 0.867. The van der Waals surface area contributed by atoms with Crippen LogP contribution in [0.25, 0.3) is 0 Å². The molecule has 2 rings (SSSR count). The standard InChI is InChI=1S/C15H28N4O2/c1-4-13(20)10-18-5-7-19(8-6-18)11-14-16-15(21-17-14)9-12(2)3/h12-13,20H,4-11H2,1-3H3/t13-/m1/s1. The number of aliphatic hydroxyl groups is 1. The third-order valence-corrected chi connectivity index (χ3v) is 3.86. The summed E-state index contributed by atoms with van der Waals surface area (Å²) in [5.41, 5.74) is 0. The van der Waals surface area contributed by atoms with Gasteiger partial charge in [-0.15, -0.1) is 0 Å². The van der Waals surface area contributed by atoms with Gasteiger partial charge in [0.25, 0.3) is 0 Å². The number of hydrogen-bond donors (Lipinski definition) is 1. The first-order valence-electron chi connectivity index (χ1n) is 8.01. The molecule has 6 nitrogen and oxygen atoms in total. The zero-order valence-corrected chi connectivity index (χ0v) is 13.5. The lowest BCUT2D eigenvalue weighted by atomic mass is 10.1. The molecule has 21 heavy (non-hydrogen) atoms. The SMILES string of the molecule is CC[C@@H](O)CN1CCN(Cc2noc(CC(C)C)n2)CC1. The first-order chi connectivity index (χ1) is 10.1. The second-order valence-electron chi connectivity index (χ2n) is 6.34. The molecule has 0 saturated carbocycles. The highest BCUT2D eigenvalue weighted by atomic mass is 16.5. The number of aliphatic hydroxyl groups excluding tert-OH is 1. The highest BCUT2D eigenvalue weighted by Gasteiger charge is 2.20. The van der Waals surface area contributed by atoms with Crippen LogP contribution in [0.5, 0.6) is 0 Å². The Labute approximate surface area is 127 Å². The van der Waals surface area contributed by atoms with Crippen LogP contribution in [-0.2, 0) is 13.0 Å². The summed E-state index contributed by atoms with van der Waals surface area (Å²) in [6.45, 7) is 11.8. The molecule has 0 spiro atoms. The topological polar surface area (TPSA) is 65.6 Å². The van der Waals surface area contributed by atoms with Crippen LogP contribution >= 0.6 is 0 Å². The molecule has 1 aromatic heterocycles. The van der Waals surface area contributed by atoms with E-state index in [4.69, 9.17) is 4.52 Å². The smallest absolute Gasteiger partial charge is 0.226 e. The maximum absolute atomic E-state index is 9.70. The molecule has 0 amide bonds.